The maximum Gasteiger partial charge on any atom is 0.338 e. The van der Waals surface area contributed by atoms with E-state index >= 15 is 0 Å². The van der Waals surface area contributed by atoms with E-state index in [1.54, 1.807) is 68.4 Å². The van der Waals surface area contributed by atoms with Crippen molar-refractivity contribution in [3.05, 3.63) is 95.1 Å². The lowest BCUT2D eigenvalue weighted by atomic mass is 10.1. The molecule has 1 aliphatic heterocycles. The van der Waals surface area contributed by atoms with Gasteiger partial charge in [-0.1, -0.05) is 32.0 Å². The maximum atomic E-state index is 12.8. The number of rotatable bonds is 7. The number of ether oxygens (including phenoxy) is 1. The van der Waals surface area contributed by atoms with E-state index in [1.165, 1.54) is 25.1 Å². The Kier molecular flexibility index (Phi) is 6.78. The number of amides is 3. The third-order valence-electron chi connectivity index (χ3n) is 5.75. The Balaban J connectivity index is 1.44. The van der Waals surface area contributed by atoms with Gasteiger partial charge in [-0.2, -0.15) is 0 Å². The summed E-state index contributed by atoms with van der Waals surface area (Å²) < 4.78 is 5.37. The molecule has 3 amide bonds. The molecule has 0 aromatic heterocycles. The number of nitrogens with zero attached hydrogens (tertiary/aromatic N) is 1. The minimum absolute atomic E-state index is 0.0930. The predicted molar refractivity (Wildman–Crippen MR) is 133 cm³/mol. The quantitative estimate of drug-likeness (QED) is 0.300. The summed E-state index contributed by atoms with van der Waals surface area (Å²) in [5.74, 6) is -2.45. The van der Waals surface area contributed by atoms with E-state index in [0.717, 1.165) is 4.90 Å². The third-order valence-corrected chi connectivity index (χ3v) is 5.75. The lowest BCUT2D eigenvalue weighted by Gasteiger charge is -2.16. The first-order valence-electron chi connectivity index (χ1n) is 11.4. The van der Waals surface area contributed by atoms with E-state index in [4.69, 9.17) is 4.74 Å². The highest BCUT2D eigenvalue weighted by Crippen LogP contribution is 2.29. The number of esters is 1. The van der Waals surface area contributed by atoms with E-state index in [9.17, 15) is 24.0 Å². The molecule has 0 saturated heterocycles. The normalized spacial score (nSPS) is 13.4. The number of nitrogens with one attached hydrogen (secondary N) is 1. The molecular formula is C28H24N2O6. The monoisotopic (exact) mass is 484 g/mol. The minimum atomic E-state index is -1.09. The Bertz CT molecular complexity index is 1340. The number of anilines is 2. The number of hydrogen-bond donors (Lipinski definition) is 1. The lowest BCUT2D eigenvalue weighted by Crippen LogP contribution is -2.29. The summed E-state index contributed by atoms with van der Waals surface area (Å²) in [4.78, 5) is 63.9. The van der Waals surface area contributed by atoms with Crippen LogP contribution >= 0.6 is 0 Å². The molecule has 1 atom stereocenters. The summed E-state index contributed by atoms with van der Waals surface area (Å²) in [5.41, 5.74) is 1.79. The van der Waals surface area contributed by atoms with Gasteiger partial charge in [0.1, 0.15) is 0 Å². The van der Waals surface area contributed by atoms with Crippen LogP contribution in [0, 0.1) is 5.92 Å². The summed E-state index contributed by atoms with van der Waals surface area (Å²) in [7, 11) is 0. The molecule has 8 heteroatoms. The van der Waals surface area contributed by atoms with Crippen molar-refractivity contribution in [2.75, 3.05) is 10.2 Å². The Morgan fingerprint density at radius 1 is 0.778 bits per heavy atom. The number of ketones is 1. The van der Waals surface area contributed by atoms with Crippen molar-refractivity contribution in [1.29, 1.82) is 0 Å². The minimum Gasteiger partial charge on any atom is -0.451 e. The highest BCUT2D eigenvalue weighted by atomic mass is 16.5. The van der Waals surface area contributed by atoms with E-state index in [-0.39, 0.29) is 23.1 Å². The second-order valence-electron chi connectivity index (χ2n) is 8.67. The molecule has 0 bridgehead atoms. The van der Waals surface area contributed by atoms with Gasteiger partial charge in [-0.25, -0.2) is 9.69 Å². The molecule has 36 heavy (non-hydrogen) atoms. The molecule has 1 aliphatic rings. The zero-order chi connectivity index (χ0) is 26.0. The Morgan fingerprint density at radius 3 is 1.97 bits per heavy atom. The summed E-state index contributed by atoms with van der Waals surface area (Å²) in [6.45, 7) is 5.01. The molecule has 0 aliphatic carbocycles. The first-order chi connectivity index (χ1) is 17.2. The molecule has 1 unspecified atom stereocenters. The van der Waals surface area contributed by atoms with Crippen molar-refractivity contribution in [3.63, 3.8) is 0 Å². The molecule has 4 rings (SSSR count). The number of fused-ring (bicyclic) bond motifs is 1. The average molecular weight is 485 g/mol. The van der Waals surface area contributed by atoms with Crippen LogP contribution in [-0.2, 0) is 9.53 Å². The molecular weight excluding hydrogens is 460 g/mol. The molecule has 3 aromatic rings. The Labute approximate surface area is 207 Å². The number of Topliss-reactive ketones (excluding diaryl/α,β-unsaturated/α-hetero) is 1. The first-order valence-corrected chi connectivity index (χ1v) is 11.4. The van der Waals surface area contributed by atoms with Crippen LogP contribution in [-0.4, -0.2) is 35.6 Å². The van der Waals surface area contributed by atoms with Crippen molar-refractivity contribution in [3.8, 4) is 0 Å². The van der Waals surface area contributed by atoms with Gasteiger partial charge in [0.15, 0.2) is 6.10 Å². The number of imide groups is 1. The topological polar surface area (TPSA) is 110 Å². The molecule has 8 nitrogen and oxygen atoms in total. The standard InChI is InChI=1S/C28H24N2O6/c1-16(2)25(32)29-20-13-11-18(12-14-20)24(31)17(3)36-28(35)19-7-6-8-21(15-19)30-26(33)22-9-4-5-10-23(22)27(30)34/h4-17H,1-3H3,(H,29,32). The van der Waals surface area contributed by atoms with Gasteiger partial charge in [0.2, 0.25) is 11.7 Å². The van der Waals surface area contributed by atoms with Crippen LogP contribution in [0.1, 0.15) is 62.2 Å². The van der Waals surface area contributed by atoms with Gasteiger partial charge in [0.25, 0.3) is 11.8 Å². The summed E-state index contributed by atoms with van der Waals surface area (Å²) >= 11 is 0. The molecule has 182 valence electrons. The molecule has 0 spiro atoms. The molecule has 0 saturated carbocycles. The summed E-state index contributed by atoms with van der Waals surface area (Å²) in [5, 5.41) is 2.74. The first kappa shape index (κ1) is 24.5. The van der Waals surface area contributed by atoms with E-state index in [0.29, 0.717) is 22.4 Å². The average Bonchev–Trinajstić information content (AvgIpc) is 3.13. The largest absolute Gasteiger partial charge is 0.451 e. The van der Waals surface area contributed by atoms with E-state index in [2.05, 4.69) is 5.32 Å². The van der Waals surface area contributed by atoms with Gasteiger partial charge < -0.3 is 10.1 Å². The highest BCUT2D eigenvalue weighted by Gasteiger charge is 2.36. The van der Waals surface area contributed by atoms with Gasteiger partial charge in [-0.05, 0) is 61.5 Å². The van der Waals surface area contributed by atoms with Crippen molar-refractivity contribution in [1.82, 2.24) is 0 Å². The third kappa shape index (κ3) is 4.79. The maximum absolute atomic E-state index is 12.8. The van der Waals surface area contributed by atoms with Crippen LogP contribution < -0.4 is 10.2 Å². The molecule has 1 N–H and O–H groups in total. The lowest BCUT2D eigenvalue weighted by molar-refractivity contribution is -0.118. The van der Waals surface area contributed by atoms with Crippen LogP contribution in [0.5, 0.6) is 0 Å². The van der Waals surface area contributed by atoms with Crippen molar-refractivity contribution >= 4 is 40.8 Å². The second-order valence-corrected chi connectivity index (χ2v) is 8.67. The van der Waals surface area contributed by atoms with Crippen LogP contribution in [0.3, 0.4) is 0 Å². The van der Waals surface area contributed by atoms with Gasteiger partial charge in [-0.3, -0.25) is 19.2 Å². The van der Waals surface area contributed by atoms with Gasteiger partial charge >= 0.3 is 5.97 Å². The Hall–Kier alpha value is -4.59. The predicted octanol–water partition coefficient (Wildman–Crippen LogP) is 4.51. The molecule has 1 heterocycles. The van der Waals surface area contributed by atoms with Gasteiger partial charge in [-0.15, -0.1) is 0 Å². The number of hydrogen-bond acceptors (Lipinski definition) is 6. The SMILES string of the molecule is CC(C)C(=O)Nc1ccc(C(=O)C(C)OC(=O)c2cccc(N3C(=O)c4ccccc4C3=O)c2)cc1. The van der Waals surface area contributed by atoms with Crippen LogP contribution in [0.25, 0.3) is 0 Å². The fourth-order valence-electron chi connectivity index (χ4n) is 3.72. The van der Waals surface area contributed by atoms with Gasteiger partial charge in [0.05, 0.1) is 22.4 Å². The number of carbonyl (C=O) groups is 5. The molecule has 3 aromatic carbocycles. The van der Waals surface area contributed by atoms with E-state index in [1.807, 2.05) is 0 Å². The van der Waals surface area contributed by atoms with E-state index < -0.39 is 29.7 Å². The summed E-state index contributed by atoms with van der Waals surface area (Å²) in [6.07, 6.45) is -1.09. The fraction of sp³-hybridized carbons (Fsp3) is 0.179. The van der Waals surface area contributed by atoms with Crippen LogP contribution in [0.4, 0.5) is 11.4 Å². The summed E-state index contributed by atoms with van der Waals surface area (Å²) in [6, 6.07) is 18.7. The number of carbonyl (C=O) groups excluding carboxylic acids is 5. The van der Waals surface area contributed by atoms with Crippen molar-refractivity contribution in [2.24, 2.45) is 5.92 Å². The van der Waals surface area contributed by atoms with Gasteiger partial charge in [0, 0.05) is 17.2 Å². The second kappa shape index (κ2) is 9.95. The zero-order valence-electron chi connectivity index (χ0n) is 20.0. The molecule has 0 radical (unpaired) electrons. The van der Waals surface area contributed by atoms with Crippen molar-refractivity contribution in [2.45, 2.75) is 26.9 Å². The number of benzene rings is 3. The van der Waals surface area contributed by atoms with Crippen LogP contribution in [0.15, 0.2) is 72.8 Å². The van der Waals surface area contributed by atoms with Crippen molar-refractivity contribution < 1.29 is 28.7 Å². The Morgan fingerprint density at radius 2 is 1.39 bits per heavy atom. The fourth-order valence-corrected chi connectivity index (χ4v) is 3.72. The highest BCUT2D eigenvalue weighted by molar-refractivity contribution is 6.34. The van der Waals surface area contributed by atoms with Crippen LogP contribution in [0.2, 0.25) is 0 Å². The zero-order valence-corrected chi connectivity index (χ0v) is 20.0. The smallest absolute Gasteiger partial charge is 0.338 e. The molecule has 0 fully saturated rings.